The van der Waals surface area contributed by atoms with Crippen molar-refractivity contribution >= 4 is 21.2 Å². The molecule has 1 aliphatic heterocycles. The lowest BCUT2D eigenvalue weighted by molar-refractivity contribution is -0.385. The number of nitro groups is 1. The maximum absolute atomic E-state index is 12.1. The predicted octanol–water partition coefficient (Wildman–Crippen LogP) is 2.99. The van der Waals surface area contributed by atoms with E-state index in [2.05, 4.69) is 12.1 Å². The first-order valence-electron chi connectivity index (χ1n) is 7.64. The highest BCUT2D eigenvalue weighted by molar-refractivity contribution is 7.90. The molecule has 1 unspecified atom stereocenters. The van der Waals surface area contributed by atoms with Gasteiger partial charge in [0.05, 0.1) is 15.5 Å². The molecule has 1 heterocycles. The van der Waals surface area contributed by atoms with Gasteiger partial charge >= 0.3 is 0 Å². The van der Waals surface area contributed by atoms with E-state index in [9.17, 15) is 18.5 Å². The highest BCUT2D eigenvalue weighted by atomic mass is 32.2. The van der Waals surface area contributed by atoms with Crippen LogP contribution in [-0.2, 0) is 9.84 Å². The van der Waals surface area contributed by atoms with Gasteiger partial charge in [0.25, 0.3) is 5.69 Å². The minimum Gasteiger partial charge on any atom is -0.370 e. The van der Waals surface area contributed by atoms with Crippen LogP contribution in [0.25, 0.3) is 0 Å². The smallest absolute Gasteiger partial charge is 0.270 e. The van der Waals surface area contributed by atoms with Gasteiger partial charge in [-0.05, 0) is 18.1 Å². The Labute approximate surface area is 140 Å². The fraction of sp³-hybridized carbons (Fsp3) is 0.294. The van der Waals surface area contributed by atoms with Crippen molar-refractivity contribution in [1.82, 2.24) is 0 Å². The zero-order valence-corrected chi connectivity index (χ0v) is 14.1. The second-order valence-corrected chi connectivity index (χ2v) is 8.01. The van der Waals surface area contributed by atoms with Gasteiger partial charge in [0.2, 0.25) is 0 Å². The fourth-order valence-electron chi connectivity index (χ4n) is 3.15. The van der Waals surface area contributed by atoms with E-state index < -0.39 is 14.8 Å². The van der Waals surface area contributed by atoms with Crippen LogP contribution in [0.2, 0.25) is 0 Å². The molecule has 2 aromatic carbocycles. The first-order valence-corrected chi connectivity index (χ1v) is 9.54. The van der Waals surface area contributed by atoms with Gasteiger partial charge in [-0.25, -0.2) is 8.42 Å². The summed E-state index contributed by atoms with van der Waals surface area (Å²) in [5, 5.41) is 10.9. The molecule has 0 bridgehead atoms. The molecule has 0 saturated carbocycles. The topological polar surface area (TPSA) is 80.5 Å². The van der Waals surface area contributed by atoms with Gasteiger partial charge in [-0.1, -0.05) is 30.3 Å². The SMILES string of the molecule is CS(=O)(=O)c1cc([N+](=O)[O-])ccc1N1CCC(c2ccccc2)C1. The molecule has 6 nitrogen and oxygen atoms in total. The van der Waals surface area contributed by atoms with Crippen molar-refractivity contribution in [3.8, 4) is 0 Å². The van der Waals surface area contributed by atoms with Gasteiger partial charge in [0.1, 0.15) is 0 Å². The summed E-state index contributed by atoms with van der Waals surface area (Å²) in [7, 11) is -3.56. The molecule has 7 heteroatoms. The van der Waals surface area contributed by atoms with E-state index in [1.54, 1.807) is 6.07 Å². The standard InChI is InChI=1S/C17H18N2O4S/c1-24(22,23)17-11-15(19(20)21)7-8-16(17)18-10-9-14(12-18)13-5-3-2-4-6-13/h2-8,11,14H,9-10,12H2,1H3. The second-order valence-electron chi connectivity index (χ2n) is 6.02. The van der Waals surface area contributed by atoms with E-state index >= 15 is 0 Å². The zero-order chi connectivity index (χ0) is 17.3. The molecule has 0 aliphatic carbocycles. The molecule has 0 radical (unpaired) electrons. The third-order valence-electron chi connectivity index (χ3n) is 4.35. The first-order chi connectivity index (χ1) is 11.4. The lowest BCUT2D eigenvalue weighted by atomic mass is 9.99. The molecule has 1 atom stereocenters. The lowest BCUT2D eigenvalue weighted by Gasteiger charge is -2.21. The maximum atomic E-state index is 12.1. The highest BCUT2D eigenvalue weighted by Crippen LogP contribution is 2.35. The van der Waals surface area contributed by atoms with Crippen LogP contribution in [0.15, 0.2) is 53.4 Å². The Bertz CT molecular complexity index is 865. The summed E-state index contributed by atoms with van der Waals surface area (Å²) < 4.78 is 24.2. The number of rotatable bonds is 4. The number of nitro benzene ring substituents is 1. The molecule has 1 aliphatic rings. The van der Waals surface area contributed by atoms with Gasteiger partial charge < -0.3 is 4.90 Å². The monoisotopic (exact) mass is 346 g/mol. The molecule has 2 aromatic rings. The molecule has 0 N–H and O–H groups in total. The second kappa shape index (κ2) is 6.24. The summed E-state index contributed by atoms with van der Waals surface area (Å²) in [6.45, 7) is 1.42. The Morgan fingerprint density at radius 3 is 2.50 bits per heavy atom. The fourth-order valence-corrected chi connectivity index (χ4v) is 4.06. The Hall–Kier alpha value is -2.41. The van der Waals surface area contributed by atoms with Crippen molar-refractivity contribution in [1.29, 1.82) is 0 Å². The Morgan fingerprint density at radius 2 is 1.88 bits per heavy atom. The zero-order valence-electron chi connectivity index (χ0n) is 13.3. The number of benzene rings is 2. The number of hydrogen-bond donors (Lipinski definition) is 0. The van der Waals surface area contributed by atoms with Crippen LogP contribution in [0.3, 0.4) is 0 Å². The average molecular weight is 346 g/mol. The van der Waals surface area contributed by atoms with Crippen LogP contribution in [0.5, 0.6) is 0 Å². The molecular weight excluding hydrogens is 328 g/mol. The van der Waals surface area contributed by atoms with Gasteiger partial charge in [-0.2, -0.15) is 0 Å². The van der Waals surface area contributed by atoms with E-state index in [4.69, 9.17) is 0 Å². The summed E-state index contributed by atoms with van der Waals surface area (Å²) in [5.41, 5.74) is 1.56. The molecule has 126 valence electrons. The quantitative estimate of drug-likeness (QED) is 0.628. The van der Waals surface area contributed by atoms with E-state index in [1.165, 1.54) is 11.6 Å². The highest BCUT2D eigenvalue weighted by Gasteiger charge is 2.28. The van der Waals surface area contributed by atoms with Gasteiger partial charge in [-0.15, -0.1) is 0 Å². The molecule has 0 aromatic heterocycles. The number of sulfone groups is 1. The van der Waals surface area contributed by atoms with Crippen LogP contribution in [0, 0.1) is 10.1 Å². The van der Waals surface area contributed by atoms with E-state index in [0.29, 0.717) is 18.2 Å². The summed E-state index contributed by atoms with van der Waals surface area (Å²) in [6.07, 6.45) is 2.00. The van der Waals surface area contributed by atoms with Crippen LogP contribution < -0.4 is 4.90 Å². The largest absolute Gasteiger partial charge is 0.370 e. The minimum atomic E-state index is -3.56. The molecule has 0 spiro atoms. The predicted molar refractivity (Wildman–Crippen MR) is 92.2 cm³/mol. The average Bonchev–Trinajstić information content (AvgIpc) is 3.04. The molecular formula is C17H18N2O4S. The van der Waals surface area contributed by atoms with E-state index in [-0.39, 0.29) is 10.6 Å². The molecule has 3 rings (SSSR count). The number of anilines is 1. The van der Waals surface area contributed by atoms with Crippen LogP contribution >= 0.6 is 0 Å². The van der Waals surface area contributed by atoms with Crippen molar-refractivity contribution < 1.29 is 13.3 Å². The normalized spacial score (nSPS) is 17.9. The van der Waals surface area contributed by atoms with Crippen LogP contribution in [-0.4, -0.2) is 32.7 Å². The van der Waals surface area contributed by atoms with Gasteiger partial charge in [0, 0.05) is 37.4 Å². The number of hydrogen-bond acceptors (Lipinski definition) is 5. The third-order valence-corrected chi connectivity index (χ3v) is 5.48. The van der Waals surface area contributed by atoms with Crippen molar-refractivity contribution in [2.45, 2.75) is 17.2 Å². The summed E-state index contributed by atoms with van der Waals surface area (Å²) in [6, 6.07) is 14.1. The lowest BCUT2D eigenvalue weighted by Crippen LogP contribution is -2.21. The molecule has 24 heavy (non-hydrogen) atoms. The molecule has 0 amide bonds. The Morgan fingerprint density at radius 1 is 1.17 bits per heavy atom. The van der Waals surface area contributed by atoms with Crippen LogP contribution in [0.1, 0.15) is 17.9 Å². The van der Waals surface area contributed by atoms with Crippen molar-refractivity contribution in [2.75, 3.05) is 24.2 Å². The van der Waals surface area contributed by atoms with Gasteiger partial charge in [-0.3, -0.25) is 10.1 Å². The summed E-state index contributed by atoms with van der Waals surface area (Å²) >= 11 is 0. The van der Waals surface area contributed by atoms with Crippen molar-refractivity contribution in [3.05, 3.63) is 64.2 Å². The maximum Gasteiger partial charge on any atom is 0.270 e. The Balaban J connectivity index is 1.94. The first kappa shape index (κ1) is 16.4. The third kappa shape index (κ3) is 3.26. The van der Waals surface area contributed by atoms with Crippen molar-refractivity contribution in [2.24, 2.45) is 0 Å². The summed E-state index contributed by atoms with van der Waals surface area (Å²) in [5.74, 6) is 0.328. The van der Waals surface area contributed by atoms with E-state index in [1.807, 2.05) is 23.1 Å². The molecule has 1 fully saturated rings. The van der Waals surface area contributed by atoms with E-state index in [0.717, 1.165) is 25.3 Å². The molecule has 1 saturated heterocycles. The van der Waals surface area contributed by atoms with Gasteiger partial charge in [0.15, 0.2) is 9.84 Å². The summed E-state index contributed by atoms with van der Waals surface area (Å²) in [4.78, 5) is 12.4. The number of nitrogens with zero attached hydrogens (tertiary/aromatic N) is 2. The van der Waals surface area contributed by atoms with Crippen LogP contribution in [0.4, 0.5) is 11.4 Å². The minimum absolute atomic E-state index is 0.0189. The van der Waals surface area contributed by atoms with Crippen molar-refractivity contribution in [3.63, 3.8) is 0 Å². The Kier molecular flexibility index (Phi) is 4.28. The number of non-ortho nitro benzene ring substituents is 1.